The standard InChI is InChI=1S/C11H13F3N2O2/c1-18-9-4-2-8(3-5-9)15-6-10(17)16-7-11(12,13)14/h2-5,15H,6-7H2,1H3,(H,16,17). The zero-order chi connectivity index (χ0) is 13.6. The van der Waals surface area contributed by atoms with Gasteiger partial charge in [-0.2, -0.15) is 13.2 Å². The molecule has 100 valence electrons. The average molecular weight is 262 g/mol. The number of rotatable bonds is 5. The molecular formula is C11H13F3N2O2. The van der Waals surface area contributed by atoms with Crippen LogP contribution in [0.4, 0.5) is 18.9 Å². The largest absolute Gasteiger partial charge is 0.497 e. The predicted octanol–water partition coefficient (Wildman–Crippen LogP) is 1.79. The molecule has 0 aromatic heterocycles. The number of anilines is 1. The molecule has 0 aliphatic rings. The van der Waals surface area contributed by atoms with Crippen molar-refractivity contribution in [3.63, 3.8) is 0 Å². The van der Waals surface area contributed by atoms with Crippen molar-refractivity contribution in [2.45, 2.75) is 6.18 Å². The molecule has 1 aromatic carbocycles. The van der Waals surface area contributed by atoms with E-state index in [1.165, 1.54) is 7.11 Å². The summed E-state index contributed by atoms with van der Waals surface area (Å²) in [5, 5.41) is 4.46. The summed E-state index contributed by atoms with van der Waals surface area (Å²) in [5.74, 6) is -0.0646. The van der Waals surface area contributed by atoms with Crippen molar-refractivity contribution >= 4 is 11.6 Å². The fourth-order valence-corrected chi connectivity index (χ4v) is 1.15. The van der Waals surface area contributed by atoms with Crippen molar-refractivity contribution in [1.29, 1.82) is 0 Å². The Labute approximate surface area is 102 Å². The third-order valence-corrected chi connectivity index (χ3v) is 2.03. The maximum Gasteiger partial charge on any atom is 0.405 e. The molecule has 0 fully saturated rings. The Morgan fingerprint density at radius 3 is 2.39 bits per heavy atom. The van der Waals surface area contributed by atoms with E-state index in [-0.39, 0.29) is 6.54 Å². The number of hydrogen-bond donors (Lipinski definition) is 2. The van der Waals surface area contributed by atoms with E-state index in [0.717, 1.165) is 0 Å². The van der Waals surface area contributed by atoms with Crippen molar-refractivity contribution in [2.24, 2.45) is 0 Å². The van der Waals surface area contributed by atoms with Crippen LogP contribution in [0.2, 0.25) is 0 Å². The second kappa shape index (κ2) is 6.13. The molecule has 0 aliphatic carbocycles. The van der Waals surface area contributed by atoms with E-state index in [9.17, 15) is 18.0 Å². The van der Waals surface area contributed by atoms with Crippen LogP contribution in [-0.4, -0.2) is 32.3 Å². The normalized spacial score (nSPS) is 10.9. The summed E-state index contributed by atoms with van der Waals surface area (Å²) in [4.78, 5) is 11.1. The molecule has 0 aliphatic heterocycles. The Morgan fingerprint density at radius 2 is 1.89 bits per heavy atom. The van der Waals surface area contributed by atoms with Gasteiger partial charge in [0.2, 0.25) is 5.91 Å². The summed E-state index contributed by atoms with van der Waals surface area (Å²) < 4.78 is 40.4. The summed E-state index contributed by atoms with van der Waals surface area (Å²) in [5.41, 5.74) is 0.623. The van der Waals surface area contributed by atoms with Gasteiger partial charge in [-0.25, -0.2) is 0 Å². The highest BCUT2D eigenvalue weighted by Gasteiger charge is 2.27. The second-order valence-corrected chi connectivity index (χ2v) is 3.47. The van der Waals surface area contributed by atoms with Crippen LogP contribution in [0.3, 0.4) is 0 Å². The van der Waals surface area contributed by atoms with E-state index in [4.69, 9.17) is 4.74 Å². The molecule has 0 saturated carbocycles. The summed E-state index contributed by atoms with van der Waals surface area (Å²) in [6.07, 6.45) is -4.39. The predicted molar refractivity (Wildman–Crippen MR) is 60.5 cm³/mol. The molecule has 0 saturated heterocycles. The lowest BCUT2D eigenvalue weighted by molar-refractivity contribution is -0.137. The van der Waals surface area contributed by atoms with Gasteiger partial charge in [0.15, 0.2) is 0 Å². The first-order chi connectivity index (χ1) is 8.40. The first-order valence-electron chi connectivity index (χ1n) is 5.12. The molecule has 0 spiro atoms. The maximum absolute atomic E-state index is 11.8. The molecule has 18 heavy (non-hydrogen) atoms. The minimum absolute atomic E-state index is 0.220. The quantitative estimate of drug-likeness (QED) is 0.850. The molecule has 1 rings (SSSR count). The van der Waals surface area contributed by atoms with E-state index >= 15 is 0 Å². The van der Waals surface area contributed by atoms with Crippen molar-refractivity contribution in [3.05, 3.63) is 24.3 Å². The van der Waals surface area contributed by atoms with E-state index in [1.807, 2.05) is 0 Å². The lowest BCUT2D eigenvalue weighted by Crippen LogP contribution is -2.37. The van der Waals surface area contributed by atoms with Gasteiger partial charge >= 0.3 is 6.18 Å². The van der Waals surface area contributed by atoms with Crippen LogP contribution in [0.1, 0.15) is 0 Å². The fourth-order valence-electron chi connectivity index (χ4n) is 1.15. The Morgan fingerprint density at radius 1 is 1.28 bits per heavy atom. The number of amides is 1. The van der Waals surface area contributed by atoms with Gasteiger partial charge in [0, 0.05) is 5.69 Å². The maximum atomic E-state index is 11.8. The van der Waals surface area contributed by atoms with Gasteiger partial charge in [-0.15, -0.1) is 0 Å². The lowest BCUT2D eigenvalue weighted by atomic mass is 10.3. The van der Waals surface area contributed by atoms with E-state index < -0.39 is 18.6 Å². The fraction of sp³-hybridized carbons (Fsp3) is 0.364. The van der Waals surface area contributed by atoms with Gasteiger partial charge in [0.1, 0.15) is 12.3 Å². The van der Waals surface area contributed by atoms with Crippen molar-refractivity contribution in [2.75, 3.05) is 25.5 Å². The highest BCUT2D eigenvalue weighted by molar-refractivity contribution is 5.80. The number of halogens is 3. The molecular weight excluding hydrogens is 249 g/mol. The summed E-state index contributed by atoms with van der Waals surface area (Å²) in [6, 6.07) is 6.68. The van der Waals surface area contributed by atoms with Gasteiger partial charge in [0.25, 0.3) is 0 Å². The van der Waals surface area contributed by atoms with Gasteiger partial charge in [-0.05, 0) is 24.3 Å². The van der Waals surface area contributed by atoms with Crippen LogP contribution >= 0.6 is 0 Å². The molecule has 0 atom stereocenters. The smallest absolute Gasteiger partial charge is 0.405 e. The van der Waals surface area contributed by atoms with Gasteiger partial charge in [-0.1, -0.05) is 0 Å². The number of hydrogen-bond acceptors (Lipinski definition) is 3. The van der Waals surface area contributed by atoms with E-state index in [1.54, 1.807) is 29.6 Å². The van der Waals surface area contributed by atoms with Gasteiger partial charge in [-0.3, -0.25) is 4.79 Å². The second-order valence-electron chi connectivity index (χ2n) is 3.47. The number of methoxy groups -OCH3 is 1. The Kier molecular flexibility index (Phi) is 4.82. The average Bonchev–Trinajstić information content (AvgIpc) is 2.33. The van der Waals surface area contributed by atoms with Gasteiger partial charge in [0.05, 0.1) is 13.7 Å². The third-order valence-electron chi connectivity index (χ3n) is 2.03. The highest BCUT2D eigenvalue weighted by Crippen LogP contribution is 2.14. The van der Waals surface area contributed by atoms with Crippen LogP contribution in [0.25, 0.3) is 0 Å². The topological polar surface area (TPSA) is 50.4 Å². The molecule has 7 heteroatoms. The summed E-state index contributed by atoms with van der Waals surface area (Å²) in [7, 11) is 1.52. The molecule has 0 heterocycles. The van der Waals surface area contributed by atoms with E-state index in [2.05, 4.69) is 5.32 Å². The number of carbonyl (C=O) groups is 1. The summed E-state index contributed by atoms with van der Waals surface area (Å²) >= 11 is 0. The molecule has 0 bridgehead atoms. The first kappa shape index (κ1) is 14.1. The Balaban J connectivity index is 2.33. The van der Waals surface area contributed by atoms with Crippen molar-refractivity contribution in [3.8, 4) is 5.75 Å². The lowest BCUT2D eigenvalue weighted by Gasteiger charge is -2.10. The monoisotopic (exact) mass is 262 g/mol. The molecule has 1 aromatic rings. The number of ether oxygens (including phenoxy) is 1. The van der Waals surface area contributed by atoms with Crippen molar-refractivity contribution in [1.82, 2.24) is 5.32 Å². The molecule has 2 N–H and O–H groups in total. The van der Waals surface area contributed by atoms with Crippen molar-refractivity contribution < 1.29 is 22.7 Å². The first-order valence-corrected chi connectivity index (χ1v) is 5.12. The minimum Gasteiger partial charge on any atom is -0.497 e. The highest BCUT2D eigenvalue weighted by atomic mass is 19.4. The zero-order valence-electron chi connectivity index (χ0n) is 9.67. The van der Waals surface area contributed by atoms with Crippen LogP contribution in [0.15, 0.2) is 24.3 Å². The number of carbonyl (C=O) groups excluding carboxylic acids is 1. The molecule has 4 nitrogen and oxygen atoms in total. The van der Waals surface area contributed by atoms with Crippen LogP contribution in [0, 0.1) is 0 Å². The zero-order valence-corrected chi connectivity index (χ0v) is 9.67. The Hall–Kier alpha value is -1.92. The van der Waals surface area contributed by atoms with Crippen LogP contribution in [-0.2, 0) is 4.79 Å². The number of benzene rings is 1. The minimum atomic E-state index is -4.39. The van der Waals surface area contributed by atoms with E-state index in [0.29, 0.717) is 11.4 Å². The molecule has 0 radical (unpaired) electrons. The van der Waals surface area contributed by atoms with Crippen LogP contribution in [0.5, 0.6) is 5.75 Å². The van der Waals surface area contributed by atoms with Gasteiger partial charge < -0.3 is 15.4 Å². The SMILES string of the molecule is COc1ccc(NCC(=O)NCC(F)(F)F)cc1. The molecule has 0 unspecified atom stereocenters. The summed E-state index contributed by atoms with van der Waals surface area (Å²) in [6.45, 7) is -1.54. The number of nitrogens with one attached hydrogen (secondary N) is 2. The van der Waals surface area contributed by atoms with Crippen LogP contribution < -0.4 is 15.4 Å². The number of alkyl halides is 3. The Bertz CT molecular complexity index is 390. The third kappa shape index (κ3) is 5.42. The molecule has 1 amide bonds.